The van der Waals surface area contributed by atoms with E-state index in [1.807, 2.05) is 49.4 Å². The van der Waals surface area contributed by atoms with E-state index in [0.717, 1.165) is 37.7 Å². The molecule has 0 aliphatic carbocycles. The van der Waals surface area contributed by atoms with E-state index in [1.165, 1.54) is 18.4 Å². The number of nitrogens with one attached hydrogen (secondary N) is 1. The van der Waals surface area contributed by atoms with Crippen LogP contribution in [0, 0.1) is 0 Å². The lowest BCUT2D eigenvalue weighted by molar-refractivity contribution is 0.0481. The third-order valence-corrected chi connectivity index (χ3v) is 5.97. The van der Waals surface area contributed by atoms with Gasteiger partial charge in [0.2, 0.25) is 0 Å². The first-order chi connectivity index (χ1) is 14.2. The number of rotatable bonds is 7. The monoisotopic (exact) mass is 396 g/mol. The highest BCUT2D eigenvalue weighted by Crippen LogP contribution is 2.31. The van der Waals surface area contributed by atoms with Gasteiger partial charge in [0.05, 0.1) is 6.10 Å². The number of ether oxygens (including phenoxy) is 2. The summed E-state index contributed by atoms with van der Waals surface area (Å²) in [7, 11) is 0. The lowest BCUT2D eigenvalue weighted by atomic mass is 9.93. The quantitative estimate of drug-likeness (QED) is 0.753. The van der Waals surface area contributed by atoms with Gasteiger partial charge in [-0.25, -0.2) is 0 Å². The molecule has 4 atom stereocenters. The summed E-state index contributed by atoms with van der Waals surface area (Å²) in [4.78, 5) is 2.48. The van der Waals surface area contributed by atoms with Crippen molar-refractivity contribution in [2.24, 2.45) is 0 Å². The summed E-state index contributed by atoms with van der Waals surface area (Å²) < 4.78 is 12.0. The number of nitrogens with zero attached hydrogens (tertiary/aromatic N) is 1. The summed E-state index contributed by atoms with van der Waals surface area (Å²) in [6.07, 6.45) is 2.03. The van der Waals surface area contributed by atoms with E-state index in [1.54, 1.807) is 0 Å². The fourth-order valence-corrected chi connectivity index (χ4v) is 4.39. The van der Waals surface area contributed by atoms with Crippen LogP contribution in [0.25, 0.3) is 0 Å². The van der Waals surface area contributed by atoms with Gasteiger partial charge in [0.25, 0.3) is 0 Å². The van der Waals surface area contributed by atoms with Crippen molar-refractivity contribution in [1.82, 2.24) is 10.2 Å². The van der Waals surface area contributed by atoms with Crippen molar-refractivity contribution in [2.45, 2.75) is 43.9 Å². The molecule has 1 saturated heterocycles. The molecule has 0 aromatic heterocycles. The van der Waals surface area contributed by atoms with Crippen LogP contribution in [0.4, 0.5) is 0 Å². The highest BCUT2D eigenvalue weighted by molar-refractivity contribution is 5.40. The molecular weight excluding hydrogens is 364 g/mol. The number of hydrogen-bond donors (Lipinski definition) is 2. The van der Waals surface area contributed by atoms with Crippen LogP contribution in [-0.4, -0.2) is 61.0 Å². The van der Waals surface area contributed by atoms with Gasteiger partial charge in [-0.2, -0.15) is 0 Å². The first kappa shape index (κ1) is 20.2. The Hall–Kier alpha value is -2.08. The summed E-state index contributed by atoms with van der Waals surface area (Å²) in [5.41, 5.74) is 1.19. The first-order valence-electron chi connectivity index (χ1n) is 10.8. The van der Waals surface area contributed by atoms with E-state index in [2.05, 4.69) is 22.3 Å². The van der Waals surface area contributed by atoms with Crippen LogP contribution in [-0.2, 0) is 0 Å². The Labute approximate surface area is 173 Å². The van der Waals surface area contributed by atoms with Gasteiger partial charge in [-0.3, -0.25) is 4.90 Å². The van der Waals surface area contributed by atoms with Crippen LogP contribution >= 0.6 is 0 Å². The fraction of sp³-hybridized carbons (Fsp3) is 0.500. The van der Waals surface area contributed by atoms with E-state index in [-0.39, 0.29) is 18.1 Å². The van der Waals surface area contributed by atoms with Gasteiger partial charge < -0.3 is 19.9 Å². The van der Waals surface area contributed by atoms with Crippen molar-refractivity contribution in [3.8, 4) is 11.5 Å². The zero-order valence-corrected chi connectivity index (χ0v) is 17.2. The van der Waals surface area contributed by atoms with Crippen molar-refractivity contribution in [1.29, 1.82) is 0 Å². The van der Waals surface area contributed by atoms with E-state index in [4.69, 9.17) is 9.47 Å². The maximum Gasteiger partial charge on any atom is 0.161 e. The molecule has 2 heterocycles. The van der Waals surface area contributed by atoms with E-state index < -0.39 is 0 Å². The normalized spacial score (nSPS) is 24.1. The van der Waals surface area contributed by atoms with Gasteiger partial charge in [-0.15, -0.1) is 0 Å². The Morgan fingerprint density at radius 2 is 1.86 bits per heavy atom. The Bertz CT molecular complexity index is 768. The predicted molar refractivity (Wildman–Crippen MR) is 115 cm³/mol. The summed E-state index contributed by atoms with van der Waals surface area (Å²) in [6.45, 7) is 6.25. The second kappa shape index (κ2) is 9.61. The molecule has 2 aliphatic rings. The van der Waals surface area contributed by atoms with Crippen LogP contribution in [0.1, 0.15) is 31.2 Å². The number of para-hydroxylation sites is 2. The third-order valence-electron chi connectivity index (χ3n) is 5.97. The smallest absolute Gasteiger partial charge is 0.161 e. The Kier molecular flexibility index (Phi) is 6.70. The van der Waals surface area contributed by atoms with Gasteiger partial charge in [-0.05, 0) is 44.0 Å². The minimum absolute atomic E-state index is 0.0678. The number of hydrogen-bond acceptors (Lipinski definition) is 5. The number of fused-ring (bicyclic) bond motifs is 1. The number of aliphatic hydroxyl groups excluding tert-OH is 1. The van der Waals surface area contributed by atoms with Crippen molar-refractivity contribution >= 4 is 0 Å². The minimum Gasteiger partial charge on any atom is -0.486 e. The molecule has 2 aliphatic heterocycles. The first-order valence-corrected chi connectivity index (χ1v) is 10.8. The maximum absolute atomic E-state index is 10.3. The standard InChI is InChI=1S/C24H32N2O3/c1-18(27)22(19-8-3-2-4-9-19)14-25-20-10-7-13-26(15-20)16-21-17-28-23-11-5-6-12-24(23)29-21/h2-6,8-9,11-12,18,20-22,25,27H,7,10,13-17H2,1H3/t18?,20-,21-,22?/m0/s1. The van der Waals surface area contributed by atoms with Gasteiger partial charge in [0.15, 0.2) is 11.5 Å². The molecule has 0 saturated carbocycles. The Morgan fingerprint density at radius 1 is 1.10 bits per heavy atom. The number of likely N-dealkylation sites (tertiary alicyclic amines) is 1. The molecule has 2 unspecified atom stereocenters. The van der Waals surface area contributed by atoms with E-state index in [0.29, 0.717) is 12.6 Å². The lowest BCUT2D eigenvalue weighted by Gasteiger charge is -2.37. The fourth-order valence-electron chi connectivity index (χ4n) is 4.39. The Balaban J connectivity index is 1.28. The molecular formula is C24H32N2O3. The van der Waals surface area contributed by atoms with Crippen LogP contribution in [0.15, 0.2) is 54.6 Å². The molecule has 2 aromatic carbocycles. The SMILES string of the molecule is CC(O)C(CN[C@H]1CCCN(C[C@H]2COc3ccccc3O2)C1)c1ccccc1. The molecule has 5 nitrogen and oxygen atoms in total. The molecule has 5 heteroatoms. The number of piperidine rings is 1. The van der Waals surface area contributed by atoms with Gasteiger partial charge in [-0.1, -0.05) is 42.5 Å². The highest BCUT2D eigenvalue weighted by atomic mass is 16.6. The minimum atomic E-state index is -0.377. The summed E-state index contributed by atoms with van der Waals surface area (Å²) in [5.74, 6) is 1.79. The summed E-state index contributed by atoms with van der Waals surface area (Å²) >= 11 is 0. The third kappa shape index (κ3) is 5.30. The molecule has 4 rings (SSSR count). The molecule has 29 heavy (non-hydrogen) atoms. The van der Waals surface area contributed by atoms with Gasteiger partial charge in [0, 0.05) is 31.6 Å². The van der Waals surface area contributed by atoms with E-state index in [9.17, 15) is 5.11 Å². The highest BCUT2D eigenvalue weighted by Gasteiger charge is 2.27. The van der Waals surface area contributed by atoms with Crippen molar-refractivity contribution < 1.29 is 14.6 Å². The average molecular weight is 397 g/mol. The van der Waals surface area contributed by atoms with Crippen molar-refractivity contribution in [3.05, 3.63) is 60.2 Å². The largest absolute Gasteiger partial charge is 0.486 e. The average Bonchev–Trinajstić information content (AvgIpc) is 2.75. The predicted octanol–water partition coefficient (Wildman–Crippen LogP) is 3.05. The summed E-state index contributed by atoms with van der Waals surface area (Å²) in [6, 6.07) is 18.6. The topological polar surface area (TPSA) is 54.0 Å². The number of aliphatic hydroxyl groups is 1. The molecule has 0 bridgehead atoms. The molecule has 156 valence electrons. The second-order valence-corrected chi connectivity index (χ2v) is 8.26. The number of benzene rings is 2. The van der Waals surface area contributed by atoms with Gasteiger partial charge >= 0.3 is 0 Å². The molecule has 0 spiro atoms. The maximum atomic E-state index is 10.3. The van der Waals surface area contributed by atoms with Crippen LogP contribution in [0.2, 0.25) is 0 Å². The van der Waals surface area contributed by atoms with Crippen molar-refractivity contribution in [3.63, 3.8) is 0 Å². The van der Waals surface area contributed by atoms with Crippen LogP contribution in [0.5, 0.6) is 11.5 Å². The lowest BCUT2D eigenvalue weighted by Crippen LogP contribution is -2.50. The molecule has 1 fully saturated rings. The molecule has 0 radical (unpaired) electrons. The van der Waals surface area contributed by atoms with Crippen LogP contribution < -0.4 is 14.8 Å². The van der Waals surface area contributed by atoms with Gasteiger partial charge in [0.1, 0.15) is 12.7 Å². The zero-order chi connectivity index (χ0) is 20.1. The zero-order valence-electron chi connectivity index (χ0n) is 17.2. The van der Waals surface area contributed by atoms with E-state index >= 15 is 0 Å². The molecule has 2 aromatic rings. The Morgan fingerprint density at radius 3 is 2.66 bits per heavy atom. The molecule has 2 N–H and O–H groups in total. The van der Waals surface area contributed by atoms with Crippen molar-refractivity contribution in [2.75, 3.05) is 32.8 Å². The second-order valence-electron chi connectivity index (χ2n) is 8.26. The summed E-state index contributed by atoms with van der Waals surface area (Å²) in [5, 5.41) is 14.0. The molecule has 0 amide bonds. The van der Waals surface area contributed by atoms with Crippen LogP contribution in [0.3, 0.4) is 0 Å².